The zero-order valence-corrected chi connectivity index (χ0v) is 18.3. The minimum atomic E-state index is -3.84. The first-order valence-electron chi connectivity index (χ1n) is 8.94. The number of sulfone groups is 1. The Balaban J connectivity index is 2.79. The Morgan fingerprint density at radius 1 is 0.667 bits per heavy atom. The Morgan fingerprint density at radius 2 is 1.00 bits per heavy atom. The van der Waals surface area contributed by atoms with Crippen molar-refractivity contribution < 1.29 is 17.9 Å². The van der Waals surface area contributed by atoms with Crippen LogP contribution in [0.2, 0.25) is 0 Å². The van der Waals surface area contributed by atoms with Gasteiger partial charge in [0.25, 0.3) is 0 Å². The van der Waals surface area contributed by atoms with Gasteiger partial charge in [-0.2, -0.15) is 0 Å². The van der Waals surface area contributed by atoms with E-state index in [9.17, 15) is 8.42 Å². The fourth-order valence-electron chi connectivity index (χ4n) is 2.82. The number of hydrogen-bond acceptors (Lipinski definition) is 4. The molecule has 0 aliphatic rings. The van der Waals surface area contributed by atoms with Gasteiger partial charge in [0.15, 0.2) is 0 Å². The Kier molecular flexibility index (Phi) is 5.67. The summed E-state index contributed by atoms with van der Waals surface area (Å²) >= 11 is 0. The molecule has 0 radical (unpaired) electrons. The third kappa shape index (κ3) is 4.29. The second kappa shape index (κ2) is 7.19. The molecule has 148 valence electrons. The molecule has 4 nitrogen and oxygen atoms in total. The molecule has 5 heteroatoms. The van der Waals surface area contributed by atoms with Crippen molar-refractivity contribution in [3.05, 3.63) is 47.5 Å². The summed E-state index contributed by atoms with van der Waals surface area (Å²) in [5.41, 5.74) is 1.47. The maximum Gasteiger partial charge on any atom is 0.213 e. The minimum Gasteiger partial charge on any atom is -0.495 e. The smallest absolute Gasteiger partial charge is 0.213 e. The lowest BCUT2D eigenvalue weighted by atomic mass is 9.87. The van der Waals surface area contributed by atoms with Crippen LogP contribution in [-0.2, 0) is 20.7 Å². The Bertz CT molecular complexity index is 858. The summed E-state index contributed by atoms with van der Waals surface area (Å²) in [6.45, 7) is 12.3. The minimum absolute atomic E-state index is 0.154. The largest absolute Gasteiger partial charge is 0.495 e. The molecule has 0 bridgehead atoms. The maximum absolute atomic E-state index is 13.6. The average molecular weight is 391 g/mol. The van der Waals surface area contributed by atoms with Crippen LogP contribution < -0.4 is 9.47 Å². The predicted octanol–water partition coefficient (Wildman–Crippen LogP) is 5.13. The van der Waals surface area contributed by atoms with Crippen LogP contribution in [0.15, 0.2) is 46.2 Å². The molecule has 2 rings (SSSR count). The van der Waals surface area contributed by atoms with E-state index in [1.165, 1.54) is 14.2 Å². The molecule has 0 unspecified atom stereocenters. The van der Waals surface area contributed by atoms with E-state index in [0.29, 0.717) is 11.5 Å². The molecule has 0 atom stereocenters. The second-order valence-corrected chi connectivity index (χ2v) is 10.6. The van der Waals surface area contributed by atoms with Gasteiger partial charge < -0.3 is 9.47 Å². The van der Waals surface area contributed by atoms with E-state index in [1.807, 2.05) is 53.7 Å². The molecular weight excluding hydrogens is 360 g/mol. The molecular formula is C22H30O4S. The highest BCUT2D eigenvalue weighted by atomic mass is 32.2. The zero-order chi connectivity index (χ0) is 20.6. The van der Waals surface area contributed by atoms with Gasteiger partial charge in [0.05, 0.1) is 14.2 Å². The van der Waals surface area contributed by atoms with Crippen molar-refractivity contribution in [2.24, 2.45) is 0 Å². The topological polar surface area (TPSA) is 52.6 Å². The van der Waals surface area contributed by atoms with Crippen LogP contribution in [0.1, 0.15) is 52.7 Å². The number of benzene rings is 2. The van der Waals surface area contributed by atoms with Gasteiger partial charge in [-0.05, 0) is 46.2 Å². The highest BCUT2D eigenvalue weighted by Gasteiger charge is 2.29. The Morgan fingerprint density at radius 3 is 1.26 bits per heavy atom. The number of rotatable bonds is 4. The van der Waals surface area contributed by atoms with E-state index >= 15 is 0 Å². The summed E-state index contributed by atoms with van der Waals surface area (Å²) < 4.78 is 37.9. The molecule has 0 aliphatic carbocycles. The van der Waals surface area contributed by atoms with Crippen molar-refractivity contribution in [2.75, 3.05) is 14.2 Å². The summed E-state index contributed by atoms with van der Waals surface area (Å²) in [5, 5.41) is 0. The van der Waals surface area contributed by atoms with Crippen LogP contribution in [0.3, 0.4) is 0 Å². The van der Waals surface area contributed by atoms with Crippen molar-refractivity contribution in [3.63, 3.8) is 0 Å². The lowest BCUT2D eigenvalue weighted by Crippen LogP contribution is -2.15. The van der Waals surface area contributed by atoms with Gasteiger partial charge in [-0.15, -0.1) is 0 Å². The van der Waals surface area contributed by atoms with Crippen LogP contribution in [0.5, 0.6) is 11.5 Å². The van der Waals surface area contributed by atoms with Crippen LogP contribution in [0.4, 0.5) is 0 Å². The lowest BCUT2D eigenvalue weighted by Gasteiger charge is -2.23. The first-order chi connectivity index (χ1) is 12.3. The normalized spacial score (nSPS) is 12.7. The van der Waals surface area contributed by atoms with Crippen molar-refractivity contribution in [3.8, 4) is 11.5 Å². The first kappa shape index (κ1) is 21.3. The number of ether oxygens (including phenoxy) is 2. The first-order valence-corrected chi connectivity index (χ1v) is 10.4. The van der Waals surface area contributed by atoms with Crippen LogP contribution in [0.25, 0.3) is 0 Å². The van der Waals surface area contributed by atoms with Crippen LogP contribution >= 0.6 is 0 Å². The molecule has 0 saturated heterocycles. The highest BCUT2D eigenvalue weighted by Crippen LogP contribution is 2.38. The lowest BCUT2D eigenvalue weighted by molar-refractivity contribution is 0.397. The van der Waals surface area contributed by atoms with Gasteiger partial charge in [-0.1, -0.05) is 53.7 Å². The molecule has 0 N–H and O–H groups in total. The molecule has 0 aliphatic heterocycles. The van der Waals surface area contributed by atoms with E-state index in [-0.39, 0.29) is 20.6 Å². The summed E-state index contributed by atoms with van der Waals surface area (Å²) in [4.78, 5) is 0.309. The molecule has 0 aromatic heterocycles. The van der Waals surface area contributed by atoms with E-state index < -0.39 is 9.84 Å². The van der Waals surface area contributed by atoms with Crippen LogP contribution in [-0.4, -0.2) is 22.6 Å². The van der Waals surface area contributed by atoms with Gasteiger partial charge in [0.2, 0.25) is 9.84 Å². The fourth-order valence-corrected chi connectivity index (χ4v) is 4.46. The molecule has 2 aromatic carbocycles. The molecule has 0 spiro atoms. The highest BCUT2D eigenvalue weighted by molar-refractivity contribution is 7.91. The van der Waals surface area contributed by atoms with E-state index in [0.717, 1.165) is 11.1 Å². The van der Waals surface area contributed by atoms with Crippen molar-refractivity contribution >= 4 is 9.84 Å². The zero-order valence-electron chi connectivity index (χ0n) is 17.5. The van der Waals surface area contributed by atoms with E-state index in [1.54, 1.807) is 24.3 Å². The van der Waals surface area contributed by atoms with Crippen molar-refractivity contribution in [2.45, 2.75) is 62.2 Å². The molecule has 2 aromatic rings. The van der Waals surface area contributed by atoms with Gasteiger partial charge in [-0.25, -0.2) is 8.42 Å². The Hall–Kier alpha value is -2.01. The predicted molar refractivity (Wildman–Crippen MR) is 109 cm³/mol. The molecule has 0 heterocycles. The quantitative estimate of drug-likeness (QED) is 0.726. The molecule has 27 heavy (non-hydrogen) atoms. The maximum atomic E-state index is 13.6. The van der Waals surface area contributed by atoms with Gasteiger partial charge in [-0.3, -0.25) is 0 Å². The average Bonchev–Trinajstić information content (AvgIpc) is 2.58. The molecule has 0 saturated carbocycles. The number of methoxy groups -OCH3 is 2. The molecule has 0 amide bonds. The summed E-state index contributed by atoms with van der Waals surface area (Å²) in [6, 6.07) is 10.6. The number of hydrogen-bond donors (Lipinski definition) is 0. The van der Waals surface area contributed by atoms with Crippen molar-refractivity contribution in [1.29, 1.82) is 0 Å². The third-order valence-corrected chi connectivity index (χ3v) is 6.43. The van der Waals surface area contributed by atoms with Gasteiger partial charge >= 0.3 is 0 Å². The Labute approximate surface area is 163 Å². The van der Waals surface area contributed by atoms with Gasteiger partial charge in [0.1, 0.15) is 21.3 Å². The molecule has 0 fully saturated rings. The standard InChI is InChI=1S/C22H30O4S/c1-21(2,3)15-9-11-17(25-7)19(13-15)27(23,24)20-14-16(22(4,5)6)10-12-18(20)26-8/h9-14H,1-8H3. The summed E-state index contributed by atoms with van der Waals surface area (Å²) in [5.74, 6) is 0.650. The monoisotopic (exact) mass is 390 g/mol. The third-order valence-electron chi connectivity index (χ3n) is 4.64. The summed E-state index contributed by atoms with van der Waals surface area (Å²) in [6.07, 6.45) is 0. The summed E-state index contributed by atoms with van der Waals surface area (Å²) in [7, 11) is -0.880. The van der Waals surface area contributed by atoms with Crippen molar-refractivity contribution in [1.82, 2.24) is 0 Å². The second-order valence-electron chi connectivity index (χ2n) is 8.73. The van der Waals surface area contributed by atoms with Crippen LogP contribution in [0, 0.1) is 0 Å². The fraction of sp³-hybridized carbons (Fsp3) is 0.455. The van der Waals surface area contributed by atoms with Gasteiger partial charge in [0, 0.05) is 0 Å². The van der Waals surface area contributed by atoms with E-state index in [4.69, 9.17) is 9.47 Å². The van der Waals surface area contributed by atoms with E-state index in [2.05, 4.69) is 0 Å². The SMILES string of the molecule is COc1ccc(C(C)(C)C)cc1S(=O)(=O)c1cc(C(C)(C)C)ccc1OC.